The zero-order valence-corrected chi connectivity index (χ0v) is 13.2. The van der Waals surface area contributed by atoms with Crippen molar-refractivity contribution in [1.82, 2.24) is 0 Å². The second-order valence-corrected chi connectivity index (χ2v) is 5.51. The summed E-state index contributed by atoms with van der Waals surface area (Å²) in [6, 6.07) is 16.9. The highest BCUT2D eigenvalue weighted by Crippen LogP contribution is 2.24. The molecule has 1 heterocycles. The lowest BCUT2D eigenvalue weighted by molar-refractivity contribution is 0.0973. The minimum atomic E-state index is -0.619. The van der Waals surface area contributed by atoms with E-state index in [9.17, 15) is 9.59 Å². The van der Waals surface area contributed by atoms with Gasteiger partial charge in [-0.05, 0) is 54.6 Å². The van der Waals surface area contributed by atoms with Gasteiger partial charge in [0.1, 0.15) is 5.76 Å². The van der Waals surface area contributed by atoms with Gasteiger partial charge in [-0.3, -0.25) is 9.59 Å². The lowest BCUT2D eigenvalue weighted by Gasteiger charge is -2.06. The minimum Gasteiger partial charge on any atom is -0.451 e. The molecule has 0 saturated heterocycles. The van der Waals surface area contributed by atoms with E-state index >= 15 is 0 Å². The summed E-state index contributed by atoms with van der Waals surface area (Å²) >= 11 is 5.88. The normalized spacial score (nSPS) is 10.4. The van der Waals surface area contributed by atoms with E-state index in [0.29, 0.717) is 22.0 Å². The average Bonchev–Trinajstić information content (AvgIpc) is 3.06. The summed E-state index contributed by atoms with van der Waals surface area (Å²) in [5, 5.41) is 3.29. The molecular formula is C18H13ClN2O3. The molecule has 120 valence electrons. The molecule has 2 aromatic carbocycles. The molecule has 0 unspecified atom stereocenters. The summed E-state index contributed by atoms with van der Waals surface area (Å²) in [6.45, 7) is 0. The first kappa shape index (κ1) is 15.8. The molecular weight excluding hydrogens is 328 g/mol. The first-order valence-corrected chi connectivity index (χ1v) is 7.48. The van der Waals surface area contributed by atoms with Crippen LogP contribution in [0.25, 0.3) is 11.3 Å². The van der Waals surface area contributed by atoms with Gasteiger partial charge < -0.3 is 15.5 Å². The van der Waals surface area contributed by atoms with Crippen LogP contribution >= 0.6 is 11.6 Å². The Labute approximate surface area is 143 Å². The monoisotopic (exact) mass is 340 g/mol. The molecule has 5 nitrogen and oxygen atoms in total. The average molecular weight is 341 g/mol. The van der Waals surface area contributed by atoms with Crippen LogP contribution in [0.3, 0.4) is 0 Å². The largest absolute Gasteiger partial charge is 0.451 e. The molecule has 0 saturated carbocycles. The van der Waals surface area contributed by atoms with Gasteiger partial charge in [0.05, 0.1) is 0 Å². The maximum atomic E-state index is 12.2. The van der Waals surface area contributed by atoms with Crippen LogP contribution in [0.15, 0.2) is 65.1 Å². The second kappa shape index (κ2) is 6.60. The van der Waals surface area contributed by atoms with Gasteiger partial charge in [0.2, 0.25) is 0 Å². The van der Waals surface area contributed by atoms with Gasteiger partial charge in [-0.1, -0.05) is 17.7 Å². The number of anilines is 1. The number of furan rings is 1. The molecule has 0 spiro atoms. The molecule has 0 atom stereocenters. The van der Waals surface area contributed by atoms with Crippen molar-refractivity contribution in [2.45, 2.75) is 0 Å². The summed E-state index contributed by atoms with van der Waals surface area (Å²) in [5.41, 5.74) is 7.03. The number of amides is 2. The molecule has 24 heavy (non-hydrogen) atoms. The van der Waals surface area contributed by atoms with Crippen molar-refractivity contribution in [2.75, 3.05) is 5.32 Å². The fourth-order valence-corrected chi connectivity index (χ4v) is 2.37. The van der Waals surface area contributed by atoms with Crippen LogP contribution in [0.4, 0.5) is 5.69 Å². The van der Waals surface area contributed by atoms with Crippen LogP contribution < -0.4 is 11.1 Å². The van der Waals surface area contributed by atoms with Gasteiger partial charge in [-0.15, -0.1) is 0 Å². The van der Waals surface area contributed by atoms with Crippen molar-refractivity contribution in [1.29, 1.82) is 0 Å². The molecule has 2 amide bonds. The zero-order valence-electron chi connectivity index (χ0n) is 12.5. The first-order chi connectivity index (χ1) is 11.5. The van der Waals surface area contributed by atoms with Crippen molar-refractivity contribution in [3.8, 4) is 11.3 Å². The fraction of sp³-hybridized carbons (Fsp3) is 0. The Morgan fingerprint density at radius 3 is 2.38 bits per heavy atom. The standard InChI is InChI=1S/C18H13ClN2O3/c19-13-3-1-2-12(10-13)18(23)21-14-6-4-11(5-7-14)15-8-9-16(24-15)17(20)22/h1-10H,(H2,20,22)(H,21,23). The van der Waals surface area contributed by atoms with Crippen molar-refractivity contribution in [2.24, 2.45) is 5.73 Å². The Balaban J connectivity index is 1.74. The molecule has 0 aliphatic heterocycles. The molecule has 1 aromatic heterocycles. The topological polar surface area (TPSA) is 85.3 Å². The third-order valence-corrected chi connectivity index (χ3v) is 3.60. The summed E-state index contributed by atoms with van der Waals surface area (Å²) in [4.78, 5) is 23.2. The highest BCUT2D eigenvalue weighted by atomic mass is 35.5. The van der Waals surface area contributed by atoms with Crippen molar-refractivity contribution < 1.29 is 14.0 Å². The summed E-state index contributed by atoms with van der Waals surface area (Å²) in [5.74, 6) is -0.245. The number of benzene rings is 2. The molecule has 0 aliphatic rings. The molecule has 0 aliphatic carbocycles. The Hall–Kier alpha value is -3.05. The number of primary amides is 1. The fourth-order valence-electron chi connectivity index (χ4n) is 2.18. The Morgan fingerprint density at radius 1 is 1.00 bits per heavy atom. The van der Waals surface area contributed by atoms with Crippen LogP contribution in [0.5, 0.6) is 0 Å². The molecule has 0 fully saturated rings. The predicted octanol–water partition coefficient (Wildman–Crippen LogP) is 3.95. The van der Waals surface area contributed by atoms with E-state index in [1.807, 2.05) is 0 Å². The van der Waals surface area contributed by atoms with E-state index < -0.39 is 5.91 Å². The van der Waals surface area contributed by atoms with E-state index in [0.717, 1.165) is 5.56 Å². The van der Waals surface area contributed by atoms with Gasteiger partial charge in [0, 0.05) is 21.8 Å². The van der Waals surface area contributed by atoms with E-state index in [4.69, 9.17) is 21.8 Å². The second-order valence-electron chi connectivity index (χ2n) is 5.07. The Morgan fingerprint density at radius 2 is 1.75 bits per heavy atom. The number of nitrogens with two attached hydrogens (primary N) is 1. The third kappa shape index (κ3) is 3.47. The highest BCUT2D eigenvalue weighted by molar-refractivity contribution is 6.31. The lowest BCUT2D eigenvalue weighted by atomic mass is 10.1. The molecule has 3 aromatic rings. The van der Waals surface area contributed by atoms with Crippen LogP contribution in [-0.4, -0.2) is 11.8 Å². The lowest BCUT2D eigenvalue weighted by Crippen LogP contribution is -2.11. The van der Waals surface area contributed by atoms with E-state index in [1.54, 1.807) is 54.6 Å². The van der Waals surface area contributed by atoms with Gasteiger partial charge in [0.25, 0.3) is 11.8 Å². The van der Waals surface area contributed by atoms with Crippen LogP contribution in [0, 0.1) is 0 Å². The number of halogens is 1. The van der Waals surface area contributed by atoms with E-state index in [-0.39, 0.29) is 11.7 Å². The summed E-state index contributed by atoms with van der Waals surface area (Å²) in [7, 11) is 0. The maximum absolute atomic E-state index is 12.2. The Bertz CT molecular complexity index is 901. The smallest absolute Gasteiger partial charge is 0.284 e. The number of rotatable bonds is 4. The van der Waals surface area contributed by atoms with Gasteiger partial charge >= 0.3 is 0 Å². The van der Waals surface area contributed by atoms with Crippen molar-refractivity contribution in [3.05, 3.63) is 77.0 Å². The van der Waals surface area contributed by atoms with Gasteiger partial charge in [-0.2, -0.15) is 0 Å². The first-order valence-electron chi connectivity index (χ1n) is 7.10. The third-order valence-electron chi connectivity index (χ3n) is 3.36. The van der Waals surface area contributed by atoms with E-state index in [2.05, 4.69) is 5.32 Å². The summed E-state index contributed by atoms with van der Waals surface area (Å²) in [6.07, 6.45) is 0. The van der Waals surface area contributed by atoms with Gasteiger partial charge in [-0.25, -0.2) is 0 Å². The number of hydrogen-bond donors (Lipinski definition) is 2. The van der Waals surface area contributed by atoms with E-state index in [1.165, 1.54) is 6.07 Å². The minimum absolute atomic E-state index is 0.100. The highest BCUT2D eigenvalue weighted by Gasteiger charge is 2.10. The van der Waals surface area contributed by atoms with Crippen molar-refractivity contribution >= 4 is 29.1 Å². The number of carbonyl (C=O) groups excluding carboxylic acids is 2. The Kier molecular flexibility index (Phi) is 4.35. The SMILES string of the molecule is NC(=O)c1ccc(-c2ccc(NC(=O)c3cccc(Cl)c3)cc2)o1. The van der Waals surface area contributed by atoms with Crippen LogP contribution in [0.1, 0.15) is 20.9 Å². The number of nitrogens with one attached hydrogen (secondary N) is 1. The predicted molar refractivity (Wildman–Crippen MR) is 92.1 cm³/mol. The van der Waals surface area contributed by atoms with Crippen LogP contribution in [0.2, 0.25) is 5.02 Å². The molecule has 0 radical (unpaired) electrons. The van der Waals surface area contributed by atoms with Gasteiger partial charge in [0.15, 0.2) is 5.76 Å². The molecule has 0 bridgehead atoms. The number of hydrogen-bond acceptors (Lipinski definition) is 3. The quantitative estimate of drug-likeness (QED) is 0.754. The molecule has 3 N–H and O–H groups in total. The maximum Gasteiger partial charge on any atom is 0.284 e. The van der Waals surface area contributed by atoms with Crippen molar-refractivity contribution in [3.63, 3.8) is 0 Å². The summed E-state index contributed by atoms with van der Waals surface area (Å²) < 4.78 is 5.36. The number of carbonyl (C=O) groups is 2. The molecule has 6 heteroatoms. The van der Waals surface area contributed by atoms with Crippen LogP contribution in [-0.2, 0) is 0 Å². The zero-order chi connectivity index (χ0) is 17.1. The molecule has 3 rings (SSSR count).